The number of carbonyl (C=O) groups excluding carboxylic acids is 1. The van der Waals surface area contributed by atoms with E-state index in [0.717, 1.165) is 9.87 Å². The Morgan fingerprint density at radius 1 is 0.882 bits per heavy atom. The predicted molar refractivity (Wildman–Crippen MR) is 130 cm³/mol. The number of carbonyl (C=O) groups is 1. The van der Waals surface area contributed by atoms with Gasteiger partial charge in [0.1, 0.15) is 12.3 Å². The Hall–Kier alpha value is -3.43. The number of halogens is 1. The van der Waals surface area contributed by atoms with Crippen LogP contribution in [0.5, 0.6) is 17.2 Å². The van der Waals surface area contributed by atoms with Crippen LogP contribution in [0.2, 0.25) is 5.02 Å². The average Bonchev–Trinajstić information content (AvgIpc) is 2.86. The molecule has 0 bridgehead atoms. The Kier molecular flexibility index (Phi) is 8.25. The third-order valence-corrected chi connectivity index (χ3v) is 6.97. The first kappa shape index (κ1) is 25.2. The molecule has 10 heteroatoms. The van der Waals surface area contributed by atoms with E-state index in [0.29, 0.717) is 16.5 Å². The van der Waals surface area contributed by atoms with E-state index in [1.807, 2.05) is 0 Å². The van der Waals surface area contributed by atoms with Gasteiger partial charge in [-0.25, -0.2) is 8.42 Å². The summed E-state index contributed by atoms with van der Waals surface area (Å²) in [5.41, 5.74) is 0.906. The van der Waals surface area contributed by atoms with E-state index in [4.69, 9.17) is 25.8 Å². The Balaban J connectivity index is 1.89. The molecule has 3 aromatic carbocycles. The van der Waals surface area contributed by atoms with Crippen molar-refractivity contribution in [2.45, 2.75) is 11.4 Å². The quantitative estimate of drug-likeness (QED) is 0.450. The molecule has 0 aliphatic rings. The van der Waals surface area contributed by atoms with Crippen LogP contribution in [0.15, 0.2) is 71.6 Å². The van der Waals surface area contributed by atoms with Crippen molar-refractivity contribution in [2.75, 3.05) is 32.2 Å². The Bertz CT molecular complexity index is 1250. The maximum atomic E-state index is 13.5. The number of anilines is 1. The molecule has 0 aliphatic heterocycles. The second kappa shape index (κ2) is 11.1. The molecule has 1 amide bonds. The maximum absolute atomic E-state index is 13.5. The lowest BCUT2D eigenvalue weighted by atomic mass is 10.2. The van der Waals surface area contributed by atoms with Crippen molar-refractivity contribution >= 4 is 33.2 Å². The van der Waals surface area contributed by atoms with Crippen molar-refractivity contribution in [1.82, 2.24) is 5.32 Å². The molecule has 3 rings (SSSR count). The maximum Gasteiger partial charge on any atom is 0.264 e. The minimum atomic E-state index is -4.10. The van der Waals surface area contributed by atoms with Crippen molar-refractivity contribution in [3.05, 3.63) is 77.3 Å². The summed E-state index contributed by atoms with van der Waals surface area (Å²) in [6.45, 7) is -0.327. The molecule has 0 atom stereocenters. The number of methoxy groups -OCH3 is 3. The van der Waals surface area contributed by atoms with Crippen LogP contribution in [0.4, 0.5) is 5.69 Å². The van der Waals surface area contributed by atoms with Crippen molar-refractivity contribution in [2.24, 2.45) is 0 Å². The van der Waals surface area contributed by atoms with E-state index in [1.54, 1.807) is 48.5 Å². The van der Waals surface area contributed by atoms with E-state index in [2.05, 4.69) is 5.32 Å². The van der Waals surface area contributed by atoms with Gasteiger partial charge in [0.15, 0.2) is 11.5 Å². The fraction of sp³-hybridized carbons (Fsp3) is 0.208. The van der Waals surface area contributed by atoms with E-state index in [1.165, 1.54) is 39.5 Å². The van der Waals surface area contributed by atoms with E-state index in [-0.39, 0.29) is 22.9 Å². The lowest BCUT2D eigenvalue weighted by Gasteiger charge is -2.26. The second-order valence-corrected chi connectivity index (χ2v) is 9.41. The summed E-state index contributed by atoms with van der Waals surface area (Å²) in [5, 5.41) is 3.05. The third kappa shape index (κ3) is 5.73. The lowest BCUT2D eigenvalue weighted by molar-refractivity contribution is -0.119. The molecule has 0 fully saturated rings. The molecule has 3 aromatic rings. The number of sulfonamides is 1. The zero-order chi connectivity index (χ0) is 24.7. The highest BCUT2D eigenvalue weighted by Crippen LogP contribution is 2.34. The zero-order valence-electron chi connectivity index (χ0n) is 18.9. The van der Waals surface area contributed by atoms with E-state index < -0.39 is 22.5 Å². The first-order valence-corrected chi connectivity index (χ1v) is 12.0. The first-order valence-electron chi connectivity index (χ1n) is 10.2. The minimum Gasteiger partial charge on any atom is -0.495 e. The minimum absolute atomic E-state index is 0.0321. The van der Waals surface area contributed by atoms with Gasteiger partial charge in [-0.1, -0.05) is 35.9 Å². The number of amides is 1. The van der Waals surface area contributed by atoms with Crippen molar-refractivity contribution in [1.29, 1.82) is 0 Å². The number of hydrogen-bond donors (Lipinski definition) is 1. The summed E-state index contributed by atoms with van der Waals surface area (Å²) in [5.74, 6) is 0.824. The van der Waals surface area contributed by atoms with Gasteiger partial charge in [-0.2, -0.15) is 0 Å². The predicted octanol–water partition coefficient (Wildman–Crippen LogP) is 3.88. The van der Waals surface area contributed by atoms with Crippen LogP contribution in [0.1, 0.15) is 5.56 Å². The highest BCUT2D eigenvalue weighted by atomic mass is 35.5. The monoisotopic (exact) mass is 504 g/mol. The molecule has 0 saturated carbocycles. The van der Waals surface area contributed by atoms with Crippen molar-refractivity contribution < 1.29 is 27.4 Å². The van der Waals surface area contributed by atoms with Crippen LogP contribution < -0.4 is 23.8 Å². The van der Waals surface area contributed by atoms with Crippen LogP contribution in [-0.4, -0.2) is 42.2 Å². The molecule has 1 N–H and O–H groups in total. The number of nitrogens with zero attached hydrogens (tertiary/aromatic N) is 1. The molecular formula is C24H25ClN2O6S. The highest BCUT2D eigenvalue weighted by molar-refractivity contribution is 7.92. The highest BCUT2D eigenvalue weighted by Gasteiger charge is 2.29. The standard InChI is InChI=1S/C24H25ClN2O6S/c1-31-21-12-10-18(25)14-20(21)27(34(29,30)19-7-5-4-6-8-19)16-24(28)26-15-17-9-11-22(32-2)23(13-17)33-3/h4-14H,15-16H2,1-3H3,(H,26,28). The first-order chi connectivity index (χ1) is 16.3. The van der Waals surface area contributed by atoms with Gasteiger partial charge in [-0.15, -0.1) is 0 Å². The van der Waals surface area contributed by atoms with Crippen molar-refractivity contribution in [3.63, 3.8) is 0 Å². The molecule has 0 radical (unpaired) electrons. The topological polar surface area (TPSA) is 94.2 Å². The number of hydrogen-bond acceptors (Lipinski definition) is 6. The summed E-state index contributed by atoms with van der Waals surface area (Å²) in [4.78, 5) is 12.9. The molecule has 0 aromatic heterocycles. The molecule has 8 nitrogen and oxygen atoms in total. The Labute approximate surface area is 204 Å². The fourth-order valence-corrected chi connectivity index (χ4v) is 4.87. The zero-order valence-corrected chi connectivity index (χ0v) is 20.5. The normalized spacial score (nSPS) is 10.9. The third-order valence-electron chi connectivity index (χ3n) is 4.97. The van der Waals surface area contributed by atoms with Gasteiger partial charge in [0.25, 0.3) is 10.0 Å². The molecule has 34 heavy (non-hydrogen) atoms. The Morgan fingerprint density at radius 2 is 1.53 bits per heavy atom. The molecule has 0 aliphatic carbocycles. The van der Waals surface area contributed by atoms with E-state index in [9.17, 15) is 13.2 Å². The molecule has 180 valence electrons. The largest absolute Gasteiger partial charge is 0.495 e. The summed E-state index contributed by atoms with van der Waals surface area (Å²) >= 11 is 6.15. The van der Waals surface area contributed by atoms with Gasteiger partial charge in [-0.3, -0.25) is 9.10 Å². The van der Waals surface area contributed by atoms with Gasteiger partial charge in [0.05, 0.1) is 31.9 Å². The lowest BCUT2D eigenvalue weighted by Crippen LogP contribution is -2.40. The smallest absolute Gasteiger partial charge is 0.264 e. The van der Waals surface area contributed by atoms with Crippen molar-refractivity contribution in [3.8, 4) is 17.2 Å². The summed E-state index contributed by atoms with van der Waals surface area (Å²) in [7, 11) is 0.362. The second-order valence-electron chi connectivity index (χ2n) is 7.11. The number of benzene rings is 3. The molecular weight excluding hydrogens is 480 g/mol. The van der Waals surface area contributed by atoms with Gasteiger partial charge in [0.2, 0.25) is 5.91 Å². The summed E-state index contributed by atoms with van der Waals surface area (Å²) in [6, 6.07) is 17.7. The van der Waals surface area contributed by atoms with Gasteiger partial charge in [0, 0.05) is 11.6 Å². The molecule has 0 unspecified atom stereocenters. The van der Waals surface area contributed by atoms with Gasteiger partial charge >= 0.3 is 0 Å². The SMILES string of the molecule is COc1ccc(CNC(=O)CN(c2cc(Cl)ccc2OC)S(=O)(=O)c2ccccc2)cc1OC. The molecule has 0 spiro atoms. The molecule has 0 saturated heterocycles. The van der Waals surface area contributed by atoms with Gasteiger partial charge in [-0.05, 0) is 48.0 Å². The fourth-order valence-electron chi connectivity index (χ4n) is 3.25. The van der Waals surface area contributed by atoms with Crippen LogP contribution in [-0.2, 0) is 21.4 Å². The average molecular weight is 505 g/mol. The van der Waals surface area contributed by atoms with E-state index >= 15 is 0 Å². The summed E-state index contributed by atoms with van der Waals surface area (Å²) < 4.78 is 43.8. The van der Waals surface area contributed by atoms with Crippen LogP contribution in [0.25, 0.3) is 0 Å². The van der Waals surface area contributed by atoms with Crippen LogP contribution >= 0.6 is 11.6 Å². The Morgan fingerprint density at radius 3 is 2.18 bits per heavy atom. The number of nitrogens with one attached hydrogen (secondary N) is 1. The molecule has 0 heterocycles. The van der Waals surface area contributed by atoms with Gasteiger partial charge < -0.3 is 19.5 Å². The van der Waals surface area contributed by atoms with Crippen LogP contribution in [0.3, 0.4) is 0 Å². The summed E-state index contributed by atoms with van der Waals surface area (Å²) in [6.07, 6.45) is 0. The number of rotatable bonds is 10. The number of ether oxygens (including phenoxy) is 3. The van der Waals surface area contributed by atoms with Crippen LogP contribution in [0, 0.1) is 0 Å².